The SMILES string of the molecule is CC(C)(C)C1=CC(=O)NC2CC[C@@H]3[C@H](CC[C@]4(C)C(C(N)=O)CC[C@@H]34)[C@@]12C. The van der Waals surface area contributed by atoms with Gasteiger partial charge in [0.15, 0.2) is 0 Å². The predicted octanol–water partition coefficient (Wildman–Crippen LogP) is 3.80. The number of rotatable bonds is 1. The van der Waals surface area contributed by atoms with E-state index < -0.39 is 0 Å². The van der Waals surface area contributed by atoms with Crippen molar-refractivity contribution < 1.29 is 9.59 Å². The monoisotopic (exact) mass is 372 g/mol. The molecule has 1 aliphatic heterocycles. The molecule has 0 aromatic rings. The van der Waals surface area contributed by atoms with Crippen LogP contribution in [0.5, 0.6) is 0 Å². The lowest BCUT2D eigenvalue weighted by atomic mass is 9.45. The second-order valence-corrected chi connectivity index (χ2v) is 11.2. The average molecular weight is 373 g/mol. The Morgan fingerprint density at radius 2 is 1.81 bits per heavy atom. The number of fused-ring (bicyclic) bond motifs is 5. The fourth-order valence-corrected chi connectivity index (χ4v) is 7.95. The van der Waals surface area contributed by atoms with Crippen LogP contribution >= 0.6 is 0 Å². The Kier molecular flexibility index (Phi) is 4.11. The second-order valence-electron chi connectivity index (χ2n) is 11.2. The minimum atomic E-state index is -0.0986. The van der Waals surface area contributed by atoms with Gasteiger partial charge in [-0.25, -0.2) is 0 Å². The largest absolute Gasteiger partial charge is 0.369 e. The van der Waals surface area contributed by atoms with Crippen molar-refractivity contribution >= 4 is 11.8 Å². The molecule has 0 radical (unpaired) electrons. The molecule has 0 bridgehead atoms. The summed E-state index contributed by atoms with van der Waals surface area (Å²) in [4.78, 5) is 24.5. The van der Waals surface area contributed by atoms with E-state index in [1.165, 1.54) is 5.57 Å². The lowest BCUT2D eigenvalue weighted by molar-refractivity contribution is -0.132. The topological polar surface area (TPSA) is 72.2 Å². The van der Waals surface area contributed by atoms with Crippen molar-refractivity contribution in [3.8, 4) is 0 Å². The molecular formula is C23H36N2O2. The molecule has 27 heavy (non-hydrogen) atoms. The van der Waals surface area contributed by atoms with Gasteiger partial charge in [-0.05, 0) is 67.1 Å². The first-order valence-corrected chi connectivity index (χ1v) is 10.8. The smallest absolute Gasteiger partial charge is 0.244 e. The molecule has 1 heterocycles. The maximum Gasteiger partial charge on any atom is 0.244 e. The normalized spacial score (nSPS) is 46.6. The number of carbonyl (C=O) groups is 2. The molecule has 0 aromatic carbocycles. The molecule has 4 nitrogen and oxygen atoms in total. The molecule has 3 N–H and O–H groups in total. The van der Waals surface area contributed by atoms with Crippen molar-refractivity contribution in [3.63, 3.8) is 0 Å². The van der Waals surface area contributed by atoms with Crippen molar-refractivity contribution in [1.82, 2.24) is 5.32 Å². The van der Waals surface area contributed by atoms with Crippen LogP contribution in [0, 0.1) is 39.9 Å². The molecule has 7 atom stereocenters. The molecule has 3 saturated carbocycles. The van der Waals surface area contributed by atoms with Crippen molar-refractivity contribution in [2.24, 2.45) is 45.7 Å². The Labute approximate surface area is 163 Å². The fraction of sp³-hybridized carbons (Fsp3) is 0.826. The van der Waals surface area contributed by atoms with Crippen LogP contribution in [0.4, 0.5) is 0 Å². The average Bonchev–Trinajstić information content (AvgIpc) is 2.91. The third kappa shape index (κ3) is 2.54. The quantitative estimate of drug-likeness (QED) is 0.735. The number of nitrogens with one attached hydrogen (secondary N) is 1. The molecular weight excluding hydrogens is 336 g/mol. The van der Waals surface area contributed by atoms with Gasteiger partial charge in [0.25, 0.3) is 0 Å². The highest BCUT2D eigenvalue weighted by atomic mass is 16.2. The Morgan fingerprint density at radius 1 is 1.11 bits per heavy atom. The standard InChI is InChI=1S/C23H36N2O2/c1-21(2,3)17-12-19(26)25-18-9-6-13-14-7-8-16(20(24)27)22(14,4)11-10-15(13)23(17,18)5/h12-16,18H,6-11H2,1-5H3,(H2,24,27)(H,25,26)/t13-,14-,15-,16?,18?,22-,23-/m0/s1. The Hall–Kier alpha value is -1.32. The predicted molar refractivity (Wildman–Crippen MR) is 107 cm³/mol. The zero-order chi connectivity index (χ0) is 19.8. The van der Waals surface area contributed by atoms with Crippen LogP contribution in [0.15, 0.2) is 11.6 Å². The number of hydrogen-bond acceptors (Lipinski definition) is 2. The summed E-state index contributed by atoms with van der Waals surface area (Å²) in [6.07, 6.45) is 8.41. The van der Waals surface area contributed by atoms with Gasteiger partial charge in [0.1, 0.15) is 0 Å². The minimum Gasteiger partial charge on any atom is -0.369 e. The van der Waals surface area contributed by atoms with E-state index in [4.69, 9.17) is 5.73 Å². The van der Waals surface area contributed by atoms with Gasteiger partial charge >= 0.3 is 0 Å². The zero-order valence-corrected chi connectivity index (χ0v) is 17.6. The molecule has 3 aliphatic carbocycles. The van der Waals surface area contributed by atoms with Gasteiger partial charge in [0.2, 0.25) is 11.8 Å². The molecule has 3 fully saturated rings. The van der Waals surface area contributed by atoms with Gasteiger partial charge < -0.3 is 11.1 Å². The highest BCUT2D eigenvalue weighted by Gasteiger charge is 2.62. The number of primary amides is 1. The number of amides is 2. The van der Waals surface area contributed by atoms with E-state index in [0.717, 1.165) is 38.5 Å². The molecule has 4 rings (SSSR count). The zero-order valence-electron chi connectivity index (χ0n) is 17.6. The van der Waals surface area contributed by atoms with Crippen LogP contribution in [-0.4, -0.2) is 17.9 Å². The lowest BCUT2D eigenvalue weighted by Gasteiger charge is -2.61. The van der Waals surface area contributed by atoms with Crippen molar-refractivity contribution in [3.05, 3.63) is 11.6 Å². The summed E-state index contributed by atoms with van der Waals surface area (Å²) in [5.74, 6) is 1.82. The van der Waals surface area contributed by atoms with E-state index in [1.54, 1.807) is 0 Å². The Balaban J connectivity index is 1.74. The number of hydrogen-bond donors (Lipinski definition) is 2. The summed E-state index contributed by atoms with van der Waals surface area (Å²) < 4.78 is 0. The summed E-state index contributed by atoms with van der Waals surface area (Å²) in [5, 5.41) is 3.30. The number of nitrogens with two attached hydrogens (primary N) is 1. The molecule has 0 aromatic heterocycles. The molecule has 2 amide bonds. The third-order valence-corrected chi connectivity index (χ3v) is 9.04. The number of carbonyl (C=O) groups excluding carboxylic acids is 2. The van der Waals surface area contributed by atoms with Crippen LogP contribution in [0.3, 0.4) is 0 Å². The van der Waals surface area contributed by atoms with Gasteiger partial charge in [-0.1, -0.05) is 40.2 Å². The summed E-state index contributed by atoms with van der Waals surface area (Å²) in [6.45, 7) is 11.5. The van der Waals surface area contributed by atoms with Gasteiger partial charge in [-0.2, -0.15) is 0 Å². The first-order valence-electron chi connectivity index (χ1n) is 10.8. The van der Waals surface area contributed by atoms with Gasteiger partial charge in [0.05, 0.1) is 0 Å². The van der Waals surface area contributed by atoms with E-state index in [0.29, 0.717) is 17.8 Å². The first-order chi connectivity index (χ1) is 12.5. The first kappa shape index (κ1) is 19.0. The Morgan fingerprint density at radius 3 is 2.44 bits per heavy atom. The van der Waals surface area contributed by atoms with Gasteiger partial charge in [-0.15, -0.1) is 0 Å². The molecule has 4 aliphatic rings. The van der Waals surface area contributed by atoms with Crippen LogP contribution in [0.1, 0.15) is 73.1 Å². The summed E-state index contributed by atoms with van der Waals surface area (Å²) in [5.41, 5.74) is 7.18. The van der Waals surface area contributed by atoms with Crippen molar-refractivity contribution in [2.75, 3.05) is 0 Å². The van der Waals surface area contributed by atoms with E-state index >= 15 is 0 Å². The van der Waals surface area contributed by atoms with E-state index in [-0.39, 0.29) is 40.0 Å². The van der Waals surface area contributed by atoms with E-state index in [2.05, 4.69) is 39.9 Å². The van der Waals surface area contributed by atoms with Crippen LogP contribution in [-0.2, 0) is 9.59 Å². The molecule has 2 unspecified atom stereocenters. The van der Waals surface area contributed by atoms with E-state index in [9.17, 15) is 9.59 Å². The molecule has 4 heteroatoms. The molecule has 0 spiro atoms. The van der Waals surface area contributed by atoms with E-state index in [1.807, 2.05) is 6.08 Å². The van der Waals surface area contributed by atoms with Crippen molar-refractivity contribution in [2.45, 2.75) is 79.2 Å². The van der Waals surface area contributed by atoms with Crippen LogP contribution in [0.2, 0.25) is 0 Å². The van der Waals surface area contributed by atoms with Gasteiger partial charge in [0, 0.05) is 23.5 Å². The molecule has 0 saturated heterocycles. The summed E-state index contributed by atoms with van der Waals surface area (Å²) in [7, 11) is 0. The van der Waals surface area contributed by atoms with Gasteiger partial charge in [-0.3, -0.25) is 9.59 Å². The molecule has 150 valence electrons. The fourth-order valence-electron chi connectivity index (χ4n) is 7.95. The lowest BCUT2D eigenvalue weighted by Crippen LogP contribution is -2.62. The maximum atomic E-state index is 12.4. The summed E-state index contributed by atoms with van der Waals surface area (Å²) >= 11 is 0. The van der Waals surface area contributed by atoms with Crippen molar-refractivity contribution in [1.29, 1.82) is 0 Å². The van der Waals surface area contributed by atoms with Crippen LogP contribution < -0.4 is 11.1 Å². The highest BCUT2D eigenvalue weighted by Crippen LogP contribution is 2.67. The third-order valence-electron chi connectivity index (χ3n) is 9.04. The second kappa shape index (κ2) is 5.84. The highest BCUT2D eigenvalue weighted by molar-refractivity contribution is 5.90. The Bertz CT molecular complexity index is 706. The van der Waals surface area contributed by atoms with Crippen LogP contribution in [0.25, 0.3) is 0 Å². The maximum absolute atomic E-state index is 12.4. The minimum absolute atomic E-state index is 0.0150. The summed E-state index contributed by atoms with van der Waals surface area (Å²) in [6, 6.07) is 0.239.